The van der Waals surface area contributed by atoms with E-state index in [1.165, 1.54) is 10.4 Å². The number of aromatic nitrogens is 3. The maximum atomic E-state index is 5.80. The molecule has 2 aromatic rings. The summed E-state index contributed by atoms with van der Waals surface area (Å²) in [5.74, 6) is 0.412. The minimum atomic E-state index is 0.412. The molecule has 5 nitrogen and oxygen atoms in total. The van der Waals surface area contributed by atoms with Gasteiger partial charge in [-0.05, 0) is 5.92 Å². The summed E-state index contributed by atoms with van der Waals surface area (Å²) in [4.78, 5) is 8.05. The van der Waals surface area contributed by atoms with E-state index in [9.17, 15) is 0 Å². The molecule has 2 heterocycles. The second-order valence-electron chi connectivity index (χ2n) is 5.04. The predicted molar refractivity (Wildman–Crippen MR) is 79.4 cm³/mol. The Morgan fingerprint density at radius 1 is 1.47 bits per heavy atom. The topological polar surface area (TPSA) is 60.0 Å². The van der Waals surface area contributed by atoms with Crippen molar-refractivity contribution in [3.63, 3.8) is 0 Å². The summed E-state index contributed by atoms with van der Waals surface area (Å²) in [6.45, 7) is 5.67. The van der Waals surface area contributed by atoms with Gasteiger partial charge in [-0.2, -0.15) is 5.10 Å². The van der Waals surface area contributed by atoms with Gasteiger partial charge in [-0.25, -0.2) is 4.98 Å². The van der Waals surface area contributed by atoms with Gasteiger partial charge in [-0.3, -0.25) is 4.68 Å². The lowest BCUT2D eigenvalue weighted by Gasteiger charge is -2.14. The molecular weight excluding hydrogens is 258 g/mol. The van der Waals surface area contributed by atoms with Crippen LogP contribution in [0.5, 0.6) is 0 Å². The Labute approximate surface area is 118 Å². The first-order valence-electron chi connectivity index (χ1n) is 6.39. The highest BCUT2D eigenvalue weighted by Crippen LogP contribution is 2.30. The fraction of sp³-hybridized carbons (Fsp3) is 0.538. The minimum absolute atomic E-state index is 0.412. The van der Waals surface area contributed by atoms with Crippen molar-refractivity contribution in [2.24, 2.45) is 12.8 Å². The molecule has 104 valence electrons. The second-order valence-corrected chi connectivity index (χ2v) is 6.10. The SMILES string of the molecule is CC(C)c1nc(N(C)Cc2cnn(C)c2)sc1CN. The van der Waals surface area contributed by atoms with Crippen molar-refractivity contribution in [2.75, 3.05) is 11.9 Å². The average Bonchev–Trinajstić information content (AvgIpc) is 2.95. The zero-order chi connectivity index (χ0) is 14.0. The van der Waals surface area contributed by atoms with E-state index in [1.807, 2.05) is 24.1 Å². The number of nitrogens with zero attached hydrogens (tertiary/aromatic N) is 4. The lowest BCUT2D eigenvalue weighted by Crippen LogP contribution is -2.15. The van der Waals surface area contributed by atoms with Crippen LogP contribution in [0.2, 0.25) is 0 Å². The summed E-state index contributed by atoms with van der Waals surface area (Å²) in [6.07, 6.45) is 3.91. The number of nitrogens with two attached hydrogens (primary N) is 1. The number of anilines is 1. The van der Waals surface area contributed by atoms with Gasteiger partial charge in [-0.15, -0.1) is 11.3 Å². The van der Waals surface area contributed by atoms with Gasteiger partial charge in [0.25, 0.3) is 0 Å². The predicted octanol–water partition coefficient (Wildman–Crippen LogP) is 2.10. The second kappa shape index (κ2) is 5.71. The molecule has 0 fully saturated rings. The zero-order valence-corrected chi connectivity index (χ0v) is 12.7. The zero-order valence-electron chi connectivity index (χ0n) is 11.9. The lowest BCUT2D eigenvalue weighted by atomic mass is 10.1. The van der Waals surface area contributed by atoms with Crippen molar-refractivity contribution in [2.45, 2.75) is 32.9 Å². The van der Waals surface area contributed by atoms with Gasteiger partial charge in [-0.1, -0.05) is 13.8 Å². The molecule has 2 aromatic heterocycles. The summed E-state index contributed by atoms with van der Waals surface area (Å²) in [5, 5.41) is 5.20. The van der Waals surface area contributed by atoms with Crippen molar-refractivity contribution >= 4 is 16.5 Å². The number of thiazole rings is 1. The van der Waals surface area contributed by atoms with Crippen LogP contribution in [0.25, 0.3) is 0 Å². The molecule has 2 N–H and O–H groups in total. The molecule has 0 aromatic carbocycles. The molecule has 0 aliphatic heterocycles. The molecule has 0 amide bonds. The van der Waals surface area contributed by atoms with Gasteiger partial charge >= 0.3 is 0 Å². The van der Waals surface area contributed by atoms with Gasteiger partial charge in [0.2, 0.25) is 0 Å². The van der Waals surface area contributed by atoms with E-state index in [1.54, 1.807) is 11.3 Å². The molecular formula is C13H21N5S. The van der Waals surface area contributed by atoms with Gasteiger partial charge in [0, 0.05) is 43.8 Å². The lowest BCUT2D eigenvalue weighted by molar-refractivity contribution is 0.766. The van der Waals surface area contributed by atoms with E-state index < -0.39 is 0 Å². The maximum absolute atomic E-state index is 5.80. The van der Waals surface area contributed by atoms with E-state index in [4.69, 9.17) is 10.7 Å². The van der Waals surface area contributed by atoms with Gasteiger partial charge in [0.15, 0.2) is 5.13 Å². The van der Waals surface area contributed by atoms with Crippen LogP contribution in [-0.2, 0) is 20.1 Å². The Bertz CT molecular complexity index is 543. The van der Waals surface area contributed by atoms with Crippen LogP contribution in [-0.4, -0.2) is 21.8 Å². The third-order valence-corrected chi connectivity index (χ3v) is 4.16. The fourth-order valence-electron chi connectivity index (χ4n) is 2.01. The van der Waals surface area contributed by atoms with E-state index in [2.05, 4.69) is 30.9 Å². The molecule has 0 unspecified atom stereocenters. The number of rotatable bonds is 5. The number of aryl methyl sites for hydroxylation is 1. The summed E-state index contributed by atoms with van der Waals surface area (Å²) >= 11 is 1.68. The van der Waals surface area contributed by atoms with Crippen molar-refractivity contribution in [1.82, 2.24) is 14.8 Å². The molecule has 0 aliphatic rings. The number of hydrogen-bond acceptors (Lipinski definition) is 5. The van der Waals surface area contributed by atoms with Crippen LogP contribution < -0.4 is 10.6 Å². The standard InChI is InChI=1S/C13H21N5S/c1-9(2)12-11(5-14)19-13(16-12)17(3)7-10-6-15-18(4)8-10/h6,8-9H,5,7,14H2,1-4H3. The largest absolute Gasteiger partial charge is 0.347 e. The van der Waals surface area contributed by atoms with E-state index >= 15 is 0 Å². The van der Waals surface area contributed by atoms with E-state index in [0.717, 1.165) is 17.4 Å². The highest BCUT2D eigenvalue weighted by molar-refractivity contribution is 7.15. The maximum Gasteiger partial charge on any atom is 0.185 e. The van der Waals surface area contributed by atoms with E-state index in [-0.39, 0.29) is 0 Å². The molecule has 0 spiro atoms. The quantitative estimate of drug-likeness (QED) is 0.910. The highest BCUT2D eigenvalue weighted by atomic mass is 32.1. The molecule has 2 rings (SSSR count). The smallest absolute Gasteiger partial charge is 0.185 e. The van der Waals surface area contributed by atoms with Crippen LogP contribution in [0.1, 0.15) is 35.9 Å². The Morgan fingerprint density at radius 2 is 2.21 bits per heavy atom. The van der Waals surface area contributed by atoms with Crippen LogP contribution in [0.3, 0.4) is 0 Å². The van der Waals surface area contributed by atoms with Crippen LogP contribution in [0.15, 0.2) is 12.4 Å². The van der Waals surface area contributed by atoms with Gasteiger partial charge in [0.1, 0.15) is 0 Å². The van der Waals surface area contributed by atoms with Crippen LogP contribution in [0.4, 0.5) is 5.13 Å². The molecule has 0 bridgehead atoms. The number of hydrogen-bond donors (Lipinski definition) is 1. The Morgan fingerprint density at radius 3 is 2.68 bits per heavy atom. The Kier molecular flexibility index (Phi) is 4.21. The normalized spacial score (nSPS) is 11.3. The third kappa shape index (κ3) is 3.13. The van der Waals surface area contributed by atoms with E-state index in [0.29, 0.717) is 12.5 Å². The Hall–Kier alpha value is -1.40. The molecule has 0 atom stereocenters. The summed E-state index contributed by atoms with van der Waals surface area (Å²) in [6, 6.07) is 0. The van der Waals surface area contributed by atoms with Gasteiger partial charge in [0.05, 0.1) is 11.9 Å². The molecule has 0 saturated heterocycles. The minimum Gasteiger partial charge on any atom is -0.347 e. The highest BCUT2D eigenvalue weighted by Gasteiger charge is 2.15. The fourth-order valence-corrected chi connectivity index (χ4v) is 3.06. The third-order valence-electron chi connectivity index (χ3n) is 2.95. The molecule has 6 heteroatoms. The molecule has 19 heavy (non-hydrogen) atoms. The first-order chi connectivity index (χ1) is 9.01. The summed E-state index contributed by atoms with van der Waals surface area (Å²) in [7, 11) is 3.98. The van der Waals surface area contributed by atoms with Crippen molar-refractivity contribution in [3.05, 3.63) is 28.5 Å². The van der Waals surface area contributed by atoms with Gasteiger partial charge < -0.3 is 10.6 Å². The summed E-state index contributed by atoms with van der Waals surface area (Å²) in [5.41, 5.74) is 8.10. The first-order valence-corrected chi connectivity index (χ1v) is 7.21. The summed E-state index contributed by atoms with van der Waals surface area (Å²) < 4.78 is 1.82. The first kappa shape index (κ1) is 14.0. The Balaban J connectivity index is 2.17. The average molecular weight is 279 g/mol. The molecule has 0 aliphatic carbocycles. The molecule has 0 saturated carbocycles. The van der Waals surface area contributed by atoms with Crippen molar-refractivity contribution in [1.29, 1.82) is 0 Å². The molecule has 0 radical (unpaired) electrons. The van der Waals surface area contributed by atoms with Crippen LogP contribution in [0, 0.1) is 0 Å². The van der Waals surface area contributed by atoms with Crippen molar-refractivity contribution in [3.8, 4) is 0 Å². The van der Waals surface area contributed by atoms with Crippen molar-refractivity contribution < 1.29 is 0 Å². The van der Waals surface area contributed by atoms with Crippen LogP contribution >= 0.6 is 11.3 Å². The monoisotopic (exact) mass is 279 g/mol.